The Hall–Kier alpha value is -2.52. The van der Waals surface area contributed by atoms with Crippen molar-refractivity contribution in [3.63, 3.8) is 0 Å². The van der Waals surface area contributed by atoms with Crippen LogP contribution in [0.3, 0.4) is 0 Å². The number of hydrogen-bond donors (Lipinski definition) is 2. The number of rotatable bonds is 2. The molecule has 3 aromatic rings. The zero-order valence-corrected chi connectivity index (χ0v) is 18.6. The normalized spacial score (nSPS) is 28.0. The van der Waals surface area contributed by atoms with Crippen molar-refractivity contribution in [3.05, 3.63) is 59.2 Å². The molecule has 2 bridgehead atoms. The van der Waals surface area contributed by atoms with E-state index in [1.54, 1.807) is 0 Å². The van der Waals surface area contributed by atoms with Gasteiger partial charge in [0.05, 0.1) is 6.61 Å². The maximum absolute atomic E-state index is 11.3. The molecule has 32 heavy (non-hydrogen) atoms. The summed E-state index contributed by atoms with van der Waals surface area (Å²) in [7, 11) is 0. The Morgan fingerprint density at radius 2 is 1.78 bits per heavy atom. The molecule has 4 aliphatic rings. The molecule has 3 nitrogen and oxygen atoms in total. The molecule has 3 aromatic carbocycles. The summed E-state index contributed by atoms with van der Waals surface area (Å²) in [6, 6.07) is 15.4. The first kappa shape index (κ1) is 19.0. The smallest absolute Gasteiger partial charge is 0.123 e. The number of hydrogen-bond acceptors (Lipinski definition) is 3. The second-order valence-electron chi connectivity index (χ2n) is 10.7. The van der Waals surface area contributed by atoms with Crippen LogP contribution in [0.2, 0.25) is 0 Å². The van der Waals surface area contributed by atoms with Gasteiger partial charge < -0.3 is 15.1 Å². The topological polar surface area (TPSA) is 43.7 Å². The molecule has 1 saturated heterocycles. The summed E-state index contributed by atoms with van der Waals surface area (Å²) in [5.41, 5.74) is 7.63. The third-order valence-corrected chi connectivity index (χ3v) is 9.17. The molecule has 3 fully saturated rings. The van der Waals surface area contributed by atoms with Crippen LogP contribution in [-0.2, 0) is 12.0 Å². The van der Waals surface area contributed by atoms with E-state index in [9.17, 15) is 10.2 Å². The lowest BCUT2D eigenvalue weighted by Gasteiger charge is -2.36. The molecule has 2 N–H and O–H groups in total. The number of piperidine rings is 1. The van der Waals surface area contributed by atoms with Crippen LogP contribution in [0, 0.1) is 11.8 Å². The molecule has 0 aromatic heterocycles. The van der Waals surface area contributed by atoms with Gasteiger partial charge in [-0.3, -0.25) is 0 Å². The Morgan fingerprint density at radius 1 is 0.906 bits per heavy atom. The standard InChI is InChI=1S/C29H31NO2/c31-17-19-5-8-23-25(13-19)29(16-18-4-6-20(29)12-18)26-15-27(32)24-14-21(7-9-22(24)28(23)26)30-10-2-1-3-11-30/h5,7-9,13-15,18,20,31-32H,1-4,6,10-12,16-17H2. The van der Waals surface area contributed by atoms with E-state index in [0.29, 0.717) is 11.7 Å². The Morgan fingerprint density at radius 3 is 2.53 bits per heavy atom. The zero-order valence-electron chi connectivity index (χ0n) is 18.6. The van der Waals surface area contributed by atoms with Crippen molar-refractivity contribution in [3.8, 4) is 16.9 Å². The molecule has 0 amide bonds. The van der Waals surface area contributed by atoms with Crippen LogP contribution < -0.4 is 4.90 Å². The Balaban J connectivity index is 1.48. The highest BCUT2D eigenvalue weighted by Crippen LogP contribution is 2.67. The summed E-state index contributed by atoms with van der Waals surface area (Å²) in [5, 5.41) is 23.3. The minimum Gasteiger partial charge on any atom is -0.507 e. The van der Waals surface area contributed by atoms with Gasteiger partial charge in [0, 0.05) is 29.6 Å². The number of nitrogens with zero attached hydrogens (tertiary/aromatic N) is 1. The average molecular weight is 426 g/mol. The van der Waals surface area contributed by atoms with E-state index >= 15 is 0 Å². The third kappa shape index (κ3) is 2.41. The number of phenols is 1. The molecule has 1 heterocycles. The van der Waals surface area contributed by atoms with E-state index in [4.69, 9.17) is 0 Å². The highest BCUT2D eigenvalue weighted by atomic mass is 16.3. The number of aromatic hydroxyl groups is 1. The summed E-state index contributed by atoms with van der Waals surface area (Å²) in [5.74, 6) is 1.86. The van der Waals surface area contributed by atoms with Crippen molar-refractivity contribution >= 4 is 16.5 Å². The molecular weight excluding hydrogens is 394 g/mol. The largest absolute Gasteiger partial charge is 0.507 e. The van der Waals surface area contributed by atoms with E-state index in [2.05, 4.69) is 47.4 Å². The van der Waals surface area contributed by atoms with Gasteiger partial charge in [-0.2, -0.15) is 0 Å². The van der Waals surface area contributed by atoms with Gasteiger partial charge >= 0.3 is 0 Å². The second-order valence-corrected chi connectivity index (χ2v) is 10.7. The Labute approximate surface area is 189 Å². The van der Waals surface area contributed by atoms with E-state index in [-0.39, 0.29) is 12.0 Å². The highest BCUT2D eigenvalue weighted by Gasteiger charge is 2.57. The molecule has 2 saturated carbocycles. The van der Waals surface area contributed by atoms with Gasteiger partial charge in [0.25, 0.3) is 0 Å². The zero-order chi connectivity index (χ0) is 21.4. The first-order valence-electron chi connectivity index (χ1n) is 12.5. The fourth-order valence-electron chi connectivity index (χ4n) is 7.80. The molecule has 3 atom stereocenters. The van der Waals surface area contributed by atoms with Gasteiger partial charge in [0.2, 0.25) is 0 Å². The van der Waals surface area contributed by atoms with Gasteiger partial charge in [-0.1, -0.05) is 30.7 Å². The summed E-state index contributed by atoms with van der Waals surface area (Å²) >= 11 is 0. The molecule has 3 aliphatic carbocycles. The van der Waals surface area contributed by atoms with Crippen LogP contribution in [-0.4, -0.2) is 23.3 Å². The Kier molecular flexibility index (Phi) is 4.00. The summed E-state index contributed by atoms with van der Waals surface area (Å²) in [4.78, 5) is 2.47. The van der Waals surface area contributed by atoms with Crippen LogP contribution in [0.15, 0.2) is 42.5 Å². The van der Waals surface area contributed by atoms with E-state index in [0.717, 1.165) is 30.0 Å². The number of phenolic OH excluding ortho intramolecular Hbond substituents is 1. The number of anilines is 1. The predicted molar refractivity (Wildman–Crippen MR) is 129 cm³/mol. The SMILES string of the molecule is OCc1ccc2c(c1)C1(CC3CCC1C3)c1cc(O)c3cc(N4CCCCC4)ccc3c1-2. The van der Waals surface area contributed by atoms with Gasteiger partial charge in [-0.15, -0.1) is 0 Å². The number of aliphatic hydroxyl groups is 1. The molecule has 164 valence electrons. The van der Waals surface area contributed by atoms with Gasteiger partial charge in [-0.05, 0) is 102 Å². The van der Waals surface area contributed by atoms with E-state index < -0.39 is 0 Å². The summed E-state index contributed by atoms with van der Waals surface area (Å²) in [6.07, 6.45) is 8.92. The highest BCUT2D eigenvalue weighted by molar-refractivity contribution is 6.06. The predicted octanol–water partition coefficient (Wildman–Crippen LogP) is 6.11. The minimum absolute atomic E-state index is 0.00990. The Bertz CT molecular complexity index is 1240. The van der Waals surface area contributed by atoms with Crippen LogP contribution >= 0.6 is 0 Å². The number of fused-ring (bicyclic) bond motifs is 10. The van der Waals surface area contributed by atoms with Gasteiger partial charge in [0.1, 0.15) is 5.75 Å². The fraction of sp³-hybridized carbons (Fsp3) is 0.448. The molecule has 0 radical (unpaired) electrons. The fourth-order valence-corrected chi connectivity index (χ4v) is 7.80. The van der Waals surface area contributed by atoms with Crippen LogP contribution in [0.5, 0.6) is 5.75 Å². The summed E-state index contributed by atoms with van der Waals surface area (Å²) < 4.78 is 0. The van der Waals surface area contributed by atoms with E-state index in [1.165, 1.54) is 78.3 Å². The summed E-state index contributed by atoms with van der Waals surface area (Å²) in [6.45, 7) is 2.30. The van der Waals surface area contributed by atoms with Crippen molar-refractivity contribution in [2.75, 3.05) is 18.0 Å². The third-order valence-electron chi connectivity index (χ3n) is 9.17. The van der Waals surface area contributed by atoms with Crippen LogP contribution in [0.25, 0.3) is 21.9 Å². The molecule has 1 spiro atoms. The molecular formula is C29H31NO2. The molecule has 3 heteroatoms. The van der Waals surface area contributed by atoms with E-state index in [1.807, 2.05) is 0 Å². The van der Waals surface area contributed by atoms with Crippen molar-refractivity contribution in [1.82, 2.24) is 0 Å². The van der Waals surface area contributed by atoms with Crippen molar-refractivity contribution < 1.29 is 10.2 Å². The number of benzene rings is 3. The average Bonchev–Trinajstić information content (AvgIpc) is 3.53. The van der Waals surface area contributed by atoms with Crippen molar-refractivity contribution in [2.24, 2.45) is 11.8 Å². The minimum atomic E-state index is 0.00990. The monoisotopic (exact) mass is 425 g/mol. The quantitative estimate of drug-likeness (QED) is 0.520. The maximum atomic E-state index is 11.3. The lowest BCUT2D eigenvalue weighted by atomic mass is 9.66. The first-order chi connectivity index (χ1) is 15.7. The lowest BCUT2D eigenvalue weighted by Crippen LogP contribution is -2.32. The molecule has 3 unspecified atom stereocenters. The van der Waals surface area contributed by atoms with Crippen LogP contribution in [0.4, 0.5) is 5.69 Å². The lowest BCUT2D eigenvalue weighted by molar-refractivity contribution is 0.280. The molecule has 1 aliphatic heterocycles. The number of aliphatic hydroxyl groups excluding tert-OH is 1. The first-order valence-corrected chi connectivity index (χ1v) is 12.5. The van der Waals surface area contributed by atoms with Crippen molar-refractivity contribution in [2.45, 2.75) is 57.0 Å². The van der Waals surface area contributed by atoms with Gasteiger partial charge in [-0.25, -0.2) is 0 Å². The van der Waals surface area contributed by atoms with Gasteiger partial charge in [0.15, 0.2) is 0 Å². The van der Waals surface area contributed by atoms with Crippen LogP contribution in [0.1, 0.15) is 61.6 Å². The second kappa shape index (κ2) is 6.74. The maximum Gasteiger partial charge on any atom is 0.123 e. The van der Waals surface area contributed by atoms with Crippen molar-refractivity contribution in [1.29, 1.82) is 0 Å². The molecule has 7 rings (SSSR count).